The van der Waals surface area contributed by atoms with E-state index >= 15 is 0 Å². The van der Waals surface area contributed by atoms with Gasteiger partial charge in [0.25, 0.3) is 0 Å². The van der Waals surface area contributed by atoms with Crippen LogP contribution >= 0.6 is 0 Å². The molecule has 0 saturated heterocycles. The maximum atomic E-state index is 10.3. The van der Waals surface area contributed by atoms with Gasteiger partial charge in [0.05, 0.1) is 5.69 Å². The number of aryl methyl sites for hydroxylation is 1. The summed E-state index contributed by atoms with van der Waals surface area (Å²) in [6, 6.07) is 19.5. The maximum Gasteiger partial charge on any atom is 0.219 e. The number of hydrogen-bond donors (Lipinski definition) is 1. The van der Waals surface area contributed by atoms with Gasteiger partial charge in [0.15, 0.2) is 11.3 Å². The van der Waals surface area contributed by atoms with E-state index in [0.29, 0.717) is 17.0 Å². The molecule has 0 aliphatic rings. The number of imidazole rings is 1. The van der Waals surface area contributed by atoms with Crippen LogP contribution in [0.15, 0.2) is 66.9 Å². The Balaban J connectivity index is 1.93. The van der Waals surface area contributed by atoms with Crippen molar-refractivity contribution < 1.29 is 5.11 Å². The first-order valence-electron chi connectivity index (χ1n) is 7.93. The Morgan fingerprint density at radius 3 is 2.28 bits per heavy atom. The van der Waals surface area contributed by atoms with Crippen molar-refractivity contribution in [2.45, 2.75) is 6.92 Å². The summed E-state index contributed by atoms with van der Waals surface area (Å²) in [6.45, 7) is 1.76. The van der Waals surface area contributed by atoms with Gasteiger partial charge in [-0.2, -0.15) is 0 Å². The van der Waals surface area contributed by atoms with E-state index < -0.39 is 0 Å². The predicted molar refractivity (Wildman–Crippen MR) is 97.2 cm³/mol. The molecular formula is C21H15N3O. The molecule has 2 heterocycles. The van der Waals surface area contributed by atoms with Crippen LogP contribution in [0.25, 0.3) is 16.9 Å². The Bertz CT molecular complexity index is 1100. The molecule has 0 saturated carbocycles. The second kappa shape index (κ2) is 6.14. The van der Waals surface area contributed by atoms with Crippen molar-refractivity contribution >= 4 is 5.65 Å². The summed E-state index contributed by atoms with van der Waals surface area (Å²) in [5.41, 5.74) is 4.23. The standard InChI is InChI=1S/C21H15N3O/c1-15-21(25)24-14-19(17-10-6-3-7-11-17)23-18(20(24)22-15)13-12-16-8-4-2-5-9-16/h2-11,14,25H,1H3. The first kappa shape index (κ1) is 15.0. The lowest BCUT2D eigenvalue weighted by molar-refractivity contribution is 0.444. The molecule has 4 heteroatoms. The van der Waals surface area contributed by atoms with E-state index in [2.05, 4.69) is 21.8 Å². The van der Waals surface area contributed by atoms with Crippen molar-refractivity contribution in [3.8, 4) is 29.0 Å². The quantitative estimate of drug-likeness (QED) is 0.541. The average molecular weight is 325 g/mol. The summed E-state index contributed by atoms with van der Waals surface area (Å²) in [5.74, 6) is 6.32. The van der Waals surface area contributed by atoms with Gasteiger partial charge in [0.2, 0.25) is 5.88 Å². The molecule has 2 aromatic heterocycles. The molecule has 2 aromatic carbocycles. The summed E-state index contributed by atoms with van der Waals surface area (Å²) in [5, 5.41) is 10.3. The number of rotatable bonds is 1. The second-order valence-corrected chi connectivity index (χ2v) is 5.67. The molecule has 0 spiro atoms. The second-order valence-electron chi connectivity index (χ2n) is 5.67. The first-order chi connectivity index (χ1) is 12.2. The lowest BCUT2D eigenvalue weighted by atomic mass is 10.1. The van der Waals surface area contributed by atoms with E-state index in [1.165, 1.54) is 0 Å². The molecule has 1 N–H and O–H groups in total. The van der Waals surface area contributed by atoms with Crippen LogP contribution in [0.2, 0.25) is 0 Å². The van der Waals surface area contributed by atoms with Gasteiger partial charge in [-0.05, 0) is 25.0 Å². The Kier molecular flexibility index (Phi) is 3.68. The van der Waals surface area contributed by atoms with Gasteiger partial charge in [-0.3, -0.25) is 4.40 Å². The molecular weight excluding hydrogens is 310 g/mol. The topological polar surface area (TPSA) is 50.4 Å². The predicted octanol–water partition coefficient (Wildman–Crippen LogP) is 3.81. The van der Waals surface area contributed by atoms with E-state index in [1.807, 2.05) is 60.7 Å². The van der Waals surface area contributed by atoms with E-state index in [1.54, 1.807) is 17.5 Å². The van der Waals surface area contributed by atoms with E-state index in [4.69, 9.17) is 0 Å². The highest BCUT2D eigenvalue weighted by Crippen LogP contribution is 2.24. The molecule has 0 bridgehead atoms. The van der Waals surface area contributed by atoms with Gasteiger partial charge in [0.1, 0.15) is 5.69 Å². The van der Waals surface area contributed by atoms with Crippen LogP contribution in [0.1, 0.15) is 17.0 Å². The van der Waals surface area contributed by atoms with Gasteiger partial charge in [-0.15, -0.1) is 0 Å². The van der Waals surface area contributed by atoms with Crippen LogP contribution in [-0.2, 0) is 0 Å². The lowest BCUT2D eigenvalue weighted by Gasteiger charge is -2.04. The number of aromatic nitrogens is 3. The largest absolute Gasteiger partial charge is 0.493 e. The van der Waals surface area contributed by atoms with E-state index in [0.717, 1.165) is 16.8 Å². The molecule has 120 valence electrons. The molecule has 25 heavy (non-hydrogen) atoms. The fraction of sp³-hybridized carbons (Fsp3) is 0.0476. The van der Waals surface area contributed by atoms with Gasteiger partial charge < -0.3 is 5.11 Å². The molecule has 0 fully saturated rings. The van der Waals surface area contributed by atoms with Crippen molar-refractivity contribution in [3.63, 3.8) is 0 Å². The van der Waals surface area contributed by atoms with Gasteiger partial charge in [0, 0.05) is 17.3 Å². The third-order valence-electron chi connectivity index (χ3n) is 3.92. The maximum absolute atomic E-state index is 10.3. The van der Waals surface area contributed by atoms with E-state index in [9.17, 15) is 5.11 Å². The highest BCUT2D eigenvalue weighted by Gasteiger charge is 2.13. The summed E-state index contributed by atoms with van der Waals surface area (Å²) in [7, 11) is 0. The zero-order chi connectivity index (χ0) is 17.2. The number of benzene rings is 2. The molecule has 4 nitrogen and oxygen atoms in total. The van der Waals surface area contributed by atoms with Crippen molar-refractivity contribution in [3.05, 3.63) is 83.8 Å². The van der Waals surface area contributed by atoms with Crippen LogP contribution < -0.4 is 0 Å². The third-order valence-corrected chi connectivity index (χ3v) is 3.92. The Morgan fingerprint density at radius 1 is 0.880 bits per heavy atom. The fourth-order valence-corrected chi connectivity index (χ4v) is 2.63. The third kappa shape index (κ3) is 2.84. The van der Waals surface area contributed by atoms with Crippen molar-refractivity contribution in [2.24, 2.45) is 0 Å². The van der Waals surface area contributed by atoms with Crippen LogP contribution in [0, 0.1) is 18.8 Å². The smallest absolute Gasteiger partial charge is 0.219 e. The SMILES string of the molecule is Cc1nc2c(C#Cc3ccccc3)nc(-c3ccccc3)cn2c1O. The lowest BCUT2D eigenvalue weighted by Crippen LogP contribution is -1.96. The Labute approximate surface area is 145 Å². The summed E-state index contributed by atoms with van der Waals surface area (Å²) >= 11 is 0. The summed E-state index contributed by atoms with van der Waals surface area (Å²) in [4.78, 5) is 9.08. The van der Waals surface area contributed by atoms with Crippen LogP contribution in [-0.4, -0.2) is 19.5 Å². The van der Waals surface area contributed by atoms with Gasteiger partial charge in [-0.25, -0.2) is 9.97 Å². The molecule has 0 atom stereocenters. The van der Waals surface area contributed by atoms with Crippen LogP contribution in [0.5, 0.6) is 5.88 Å². The molecule has 0 radical (unpaired) electrons. The summed E-state index contributed by atoms with van der Waals surface area (Å²) in [6.07, 6.45) is 1.79. The number of nitrogens with zero attached hydrogens (tertiary/aromatic N) is 3. The van der Waals surface area contributed by atoms with Gasteiger partial charge in [-0.1, -0.05) is 54.5 Å². The molecule has 0 amide bonds. The van der Waals surface area contributed by atoms with Crippen LogP contribution in [0.3, 0.4) is 0 Å². The minimum Gasteiger partial charge on any atom is -0.493 e. The molecule has 4 rings (SSSR count). The van der Waals surface area contributed by atoms with E-state index in [-0.39, 0.29) is 5.88 Å². The normalized spacial score (nSPS) is 10.4. The highest BCUT2D eigenvalue weighted by atomic mass is 16.3. The summed E-state index contributed by atoms with van der Waals surface area (Å²) < 4.78 is 1.64. The van der Waals surface area contributed by atoms with Crippen LogP contribution in [0.4, 0.5) is 0 Å². The number of fused-ring (bicyclic) bond motifs is 1. The minimum atomic E-state index is 0.109. The Morgan fingerprint density at radius 2 is 1.56 bits per heavy atom. The zero-order valence-corrected chi connectivity index (χ0v) is 13.6. The zero-order valence-electron chi connectivity index (χ0n) is 13.6. The average Bonchev–Trinajstić information content (AvgIpc) is 2.96. The molecule has 0 aliphatic heterocycles. The molecule has 0 unspecified atom stereocenters. The fourth-order valence-electron chi connectivity index (χ4n) is 2.63. The first-order valence-corrected chi connectivity index (χ1v) is 7.93. The van der Waals surface area contributed by atoms with Crippen molar-refractivity contribution in [1.29, 1.82) is 0 Å². The Hall–Kier alpha value is -3.58. The van der Waals surface area contributed by atoms with Gasteiger partial charge >= 0.3 is 0 Å². The molecule has 4 aromatic rings. The molecule has 0 aliphatic carbocycles. The number of hydrogen-bond acceptors (Lipinski definition) is 3. The number of aromatic hydroxyl groups is 1. The minimum absolute atomic E-state index is 0.109. The highest BCUT2D eigenvalue weighted by molar-refractivity contribution is 5.65. The van der Waals surface area contributed by atoms with Crippen molar-refractivity contribution in [2.75, 3.05) is 0 Å². The monoisotopic (exact) mass is 325 g/mol. The van der Waals surface area contributed by atoms with Crippen molar-refractivity contribution in [1.82, 2.24) is 14.4 Å².